The highest BCUT2D eigenvalue weighted by Crippen LogP contribution is 2.35. The molecule has 17 heavy (non-hydrogen) atoms. The van der Waals surface area contributed by atoms with Crippen molar-refractivity contribution in [3.05, 3.63) is 22.7 Å². The van der Waals surface area contributed by atoms with Gasteiger partial charge in [0, 0.05) is 29.2 Å². The van der Waals surface area contributed by atoms with Gasteiger partial charge in [0.1, 0.15) is 0 Å². The summed E-state index contributed by atoms with van der Waals surface area (Å²) in [5.41, 5.74) is 1.06. The summed E-state index contributed by atoms with van der Waals surface area (Å²) in [6.45, 7) is 3.36. The number of halogens is 1. The summed E-state index contributed by atoms with van der Waals surface area (Å²) in [6.07, 6.45) is 2.53. The van der Waals surface area contributed by atoms with Crippen LogP contribution in [0.15, 0.2) is 12.1 Å². The van der Waals surface area contributed by atoms with Crippen LogP contribution in [-0.2, 0) is 6.54 Å². The first-order chi connectivity index (χ1) is 8.24. The van der Waals surface area contributed by atoms with Crippen molar-refractivity contribution in [2.24, 2.45) is 0 Å². The van der Waals surface area contributed by atoms with E-state index < -0.39 is 0 Å². The van der Waals surface area contributed by atoms with Crippen LogP contribution in [0.3, 0.4) is 0 Å². The van der Waals surface area contributed by atoms with Crippen LogP contribution < -0.4 is 14.8 Å². The summed E-state index contributed by atoms with van der Waals surface area (Å²) in [5.74, 6) is 1.50. The molecule has 0 radical (unpaired) electrons. The van der Waals surface area contributed by atoms with Crippen LogP contribution in [0.4, 0.5) is 0 Å². The van der Waals surface area contributed by atoms with Gasteiger partial charge in [-0.1, -0.05) is 11.6 Å². The molecular weight excluding hydrogens is 238 g/mol. The number of benzene rings is 1. The third-order valence-corrected chi connectivity index (χ3v) is 2.98. The maximum Gasteiger partial charge on any atom is 0.165 e. The Morgan fingerprint density at radius 3 is 2.76 bits per heavy atom. The zero-order valence-corrected chi connectivity index (χ0v) is 11.0. The van der Waals surface area contributed by atoms with Crippen molar-refractivity contribution in [1.82, 2.24) is 5.32 Å². The minimum Gasteiger partial charge on any atom is -0.493 e. The van der Waals surface area contributed by atoms with Crippen LogP contribution in [0.5, 0.6) is 11.5 Å². The van der Waals surface area contributed by atoms with E-state index in [1.807, 2.05) is 13.0 Å². The average Bonchev–Trinajstić information content (AvgIpc) is 3.13. The number of hydrogen-bond donors (Lipinski definition) is 1. The van der Waals surface area contributed by atoms with Crippen LogP contribution in [0.2, 0.25) is 5.02 Å². The van der Waals surface area contributed by atoms with E-state index >= 15 is 0 Å². The molecule has 1 aliphatic rings. The number of ether oxygens (including phenoxy) is 2. The molecule has 1 aromatic carbocycles. The summed E-state index contributed by atoms with van der Waals surface area (Å²) in [5, 5.41) is 4.13. The molecule has 1 fully saturated rings. The van der Waals surface area contributed by atoms with Crippen LogP contribution in [-0.4, -0.2) is 19.8 Å². The molecule has 1 aliphatic carbocycles. The number of rotatable bonds is 6. The Morgan fingerprint density at radius 1 is 1.41 bits per heavy atom. The third kappa shape index (κ3) is 3.27. The summed E-state index contributed by atoms with van der Waals surface area (Å²) in [7, 11) is 1.63. The predicted molar refractivity (Wildman–Crippen MR) is 69.0 cm³/mol. The van der Waals surface area contributed by atoms with E-state index in [2.05, 4.69) is 5.32 Å². The van der Waals surface area contributed by atoms with Crippen molar-refractivity contribution < 1.29 is 9.47 Å². The fourth-order valence-electron chi connectivity index (χ4n) is 1.76. The van der Waals surface area contributed by atoms with E-state index in [1.165, 1.54) is 12.8 Å². The number of nitrogens with one attached hydrogen (secondary N) is 1. The Labute approximate surface area is 107 Å². The molecule has 0 saturated heterocycles. The molecule has 0 heterocycles. The maximum atomic E-state index is 6.07. The molecule has 0 spiro atoms. The minimum atomic E-state index is 0.619. The lowest BCUT2D eigenvalue weighted by Gasteiger charge is -2.15. The van der Waals surface area contributed by atoms with Gasteiger partial charge in [-0.25, -0.2) is 0 Å². The van der Waals surface area contributed by atoms with Crippen molar-refractivity contribution in [3.63, 3.8) is 0 Å². The molecule has 0 bridgehead atoms. The second-order valence-electron chi connectivity index (χ2n) is 4.18. The number of hydrogen-bond acceptors (Lipinski definition) is 3. The highest BCUT2D eigenvalue weighted by atomic mass is 35.5. The topological polar surface area (TPSA) is 30.5 Å². The lowest BCUT2D eigenvalue weighted by Crippen LogP contribution is -2.16. The van der Waals surface area contributed by atoms with E-state index in [4.69, 9.17) is 21.1 Å². The molecule has 1 aromatic rings. The Kier molecular flexibility index (Phi) is 4.13. The molecule has 94 valence electrons. The van der Waals surface area contributed by atoms with Crippen LogP contribution in [0, 0.1) is 0 Å². The quantitative estimate of drug-likeness (QED) is 0.848. The maximum absolute atomic E-state index is 6.07. The Bertz CT molecular complexity index is 391. The summed E-state index contributed by atoms with van der Waals surface area (Å²) < 4.78 is 10.9. The molecule has 0 aliphatic heterocycles. The Morgan fingerprint density at radius 2 is 2.18 bits per heavy atom. The van der Waals surface area contributed by atoms with E-state index in [-0.39, 0.29) is 0 Å². The van der Waals surface area contributed by atoms with Crippen LogP contribution >= 0.6 is 11.6 Å². The first kappa shape index (κ1) is 12.5. The van der Waals surface area contributed by atoms with Crippen LogP contribution in [0.25, 0.3) is 0 Å². The van der Waals surface area contributed by atoms with Crippen LogP contribution in [0.1, 0.15) is 25.3 Å². The third-order valence-electron chi connectivity index (χ3n) is 2.76. The molecule has 2 rings (SSSR count). The van der Waals surface area contributed by atoms with E-state index in [9.17, 15) is 0 Å². The van der Waals surface area contributed by atoms with E-state index in [0.717, 1.165) is 17.9 Å². The fourth-order valence-corrected chi connectivity index (χ4v) is 1.99. The monoisotopic (exact) mass is 255 g/mol. The average molecular weight is 256 g/mol. The van der Waals surface area contributed by atoms with Crippen molar-refractivity contribution in [2.45, 2.75) is 32.4 Å². The molecule has 0 atom stereocenters. The predicted octanol–water partition coefficient (Wildman–Crippen LogP) is 3.00. The number of methoxy groups -OCH3 is 1. The second-order valence-corrected chi connectivity index (χ2v) is 4.62. The Balaban J connectivity index is 2.21. The zero-order chi connectivity index (χ0) is 12.3. The van der Waals surface area contributed by atoms with Gasteiger partial charge in [0.2, 0.25) is 0 Å². The van der Waals surface area contributed by atoms with Gasteiger partial charge in [-0.05, 0) is 25.8 Å². The molecule has 4 heteroatoms. The van der Waals surface area contributed by atoms with Crippen molar-refractivity contribution in [3.8, 4) is 11.5 Å². The van der Waals surface area contributed by atoms with E-state index in [0.29, 0.717) is 23.4 Å². The van der Waals surface area contributed by atoms with Gasteiger partial charge in [0.05, 0.1) is 13.7 Å². The van der Waals surface area contributed by atoms with Crippen molar-refractivity contribution in [1.29, 1.82) is 0 Å². The van der Waals surface area contributed by atoms with Gasteiger partial charge >= 0.3 is 0 Å². The Hall–Kier alpha value is -0.930. The second kappa shape index (κ2) is 5.61. The molecule has 0 unspecified atom stereocenters. The zero-order valence-electron chi connectivity index (χ0n) is 10.3. The molecule has 0 amide bonds. The minimum absolute atomic E-state index is 0.619. The molecule has 1 saturated carbocycles. The molecule has 1 N–H and O–H groups in total. The lowest BCUT2D eigenvalue weighted by atomic mass is 10.2. The summed E-state index contributed by atoms with van der Waals surface area (Å²) in [6, 6.07) is 4.38. The summed E-state index contributed by atoms with van der Waals surface area (Å²) >= 11 is 6.07. The van der Waals surface area contributed by atoms with Gasteiger partial charge < -0.3 is 14.8 Å². The van der Waals surface area contributed by atoms with Crippen molar-refractivity contribution >= 4 is 11.6 Å². The largest absolute Gasteiger partial charge is 0.493 e. The highest BCUT2D eigenvalue weighted by molar-refractivity contribution is 6.30. The SMILES string of the molecule is CCOc1c(CNC2CC2)cc(Cl)cc1OC. The first-order valence-electron chi connectivity index (χ1n) is 5.97. The van der Waals surface area contributed by atoms with Crippen molar-refractivity contribution in [2.75, 3.05) is 13.7 Å². The molecule has 0 aromatic heterocycles. The van der Waals surface area contributed by atoms with Gasteiger partial charge in [-0.2, -0.15) is 0 Å². The summed E-state index contributed by atoms with van der Waals surface area (Å²) in [4.78, 5) is 0. The van der Waals surface area contributed by atoms with Gasteiger partial charge in [-0.15, -0.1) is 0 Å². The van der Waals surface area contributed by atoms with Gasteiger partial charge in [0.25, 0.3) is 0 Å². The standard InChI is InChI=1S/C13H18ClNO2/c1-3-17-13-9(8-15-11-4-5-11)6-10(14)7-12(13)16-2/h6-7,11,15H,3-5,8H2,1-2H3. The molecular formula is C13H18ClNO2. The highest BCUT2D eigenvalue weighted by Gasteiger charge is 2.21. The van der Waals surface area contributed by atoms with Gasteiger partial charge in [-0.3, -0.25) is 0 Å². The fraction of sp³-hybridized carbons (Fsp3) is 0.538. The smallest absolute Gasteiger partial charge is 0.165 e. The first-order valence-corrected chi connectivity index (χ1v) is 6.35. The lowest BCUT2D eigenvalue weighted by molar-refractivity contribution is 0.306. The molecule has 3 nitrogen and oxygen atoms in total. The van der Waals surface area contributed by atoms with E-state index in [1.54, 1.807) is 13.2 Å². The normalized spacial score (nSPS) is 14.8. The van der Waals surface area contributed by atoms with Gasteiger partial charge in [0.15, 0.2) is 11.5 Å².